The minimum Gasteiger partial charge on any atom is -0.480 e. The van der Waals surface area contributed by atoms with Crippen LogP contribution in [0.2, 0.25) is 0 Å². The predicted octanol–water partition coefficient (Wildman–Crippen LogP) is -0.612. The third kappa shape index (κ3) is 4.37. The summed E-state index contributed by atoms with van der Waals surface area (Å²) in [7, 11) is 0. The number of aromatic nitrogens is 1. The highest BCUT2D eigenvalue weighted by Crippen LogP contribution is 2.10. The van der Waals surface area contributed by atoms with Gasteiger partial charge >= 0.3 is 5.97 Å². The number of nitrogens with two attached hydrogens (primary N) is 1. The quantitative estimate of drug-likeness (QED) is 0.618. The molecule has 88 valence electrons. The Morgan fingerprint density at radius 1 is 1.56 bits per heavy atom. The zero-order chi connectivity index (χ0) is 12.0. The molecular weight excluding hydrogens is 230 g/mol. The minimum atomic E-state index is -1.06. The molecule has 0 saturated carbocycles. The van der Waals surface area contributed by atoms with Crippen LogP contribution in [0.1, 0.15) is 10.7 Å². The molecule has 0 saturated heterocycles. The molecule has 0 aliphatic rings. The van der Waals surface area contributed by atoms with Crippen LogP contribution in [0.3, 0.4) is 0 Å². The Labute approximate surface area is 96.5 Å². The van der Waals surface area contributed by atoms with E-state index in [0.29, 0.717) is 18.7 Å². The first kappa shape index (κ1) is 12.6. The maximum Gasteiger partial charge on any atom is 0.322 e. The zero-order valence-electron chi connectivity index (χ0n) is 8.60. The molecule has 1 heterocycles. The van der Waals surface area contributed by atoms with Crippen molar-refractivity contribution in [2.75, 3.05) is 13.1 Å². The van der Waals surface area contributed by atoms with Crippen LogP contribution in [-0.2, 0) is 22.4 Å². The van der Waals surface area contributed by atoms with Gasteiger partial charge in [-0.05, 0) is 6.54 Å². The fourth-order valence-corrected chi connectivity index (χ4v) is 1.88. The van der Waals surface area contributed by atoms with E-state index in [1.54, 1.807) is 5.38 Å². The van der Waals surface area contributed by atoms with Gasteiger partial charge in [0.05, 0.1) is 17.1 Å². The Balaban J connectivity index is 2.40. The largest absolute Gasteiger partial charge is 0.480 e. The molecule has 4 N–H and O–H groups in total. The van der Waals surface area contributed by atoms with Gasteiger partial charge in [-0.25, -0.2) is 4.98 Å². The van der Waals surface area contributed by atoms with Crippen LogP contribution in [0.25, 0.3) is 0 Å². The highest BCUT2D eigenvalue weighted by atomic mass is 32.1. The van der Waals surface area contributed by atoms with Crippen molar-refractivity contribution in [1.29, 1.82) is 0 Å². The van der Waals surface area contributed by atoms with Crippen LogP contribution in [-0.4, -0.2) is 35.1 Å². The second-order valence-corrected chi connectivity index (χ2v) is 4.06. The first-order chi connectivity index (χ1) is 7.61. The molecule has 16 heavy (non-hydrogen) atoms. The number of nitrogens with one attached hydrogen (secondary N) is 1. The van der Waals surface area contributed by atoms with Crippen molar-refractivity contribution in [2.24, 2.45) is 5.73 Å². The average Bonchev–Trinajstić information content (AvgIpc) is 2.63. The smallest absolute Gasteiger partial charge is 0.322 e. The van der Waals surface area contributed by atoms with Crippen LogP contribution >= 0.6 is 11.3 Å². The van der Waals surface area contributed by atoms with E-state index in [1.807, 2.05) is 0 Å². The van der Waals surface area contributed by atoms with Crippen molar-refractivity contribution in [3.05, 3.63) is 16.1 Å². The lowest BCUT2D eigenvalue weighted by molar-refractivity contribution is -0.137. The van der Waals surface area contributed by atoms with E-state index in [-0.39, 0.29) is 18.9 Å². The van der Waals surface area contributed by atoms with Gasteiger partial charge in [-0.3, -0.25) is 9.59 Å². The zero-order valence-corrected chi connectivity index (χ0v) is 9.42. The Morgan fingerprint density at radius 3 is 2.94 bits per heavy atom. The molecule has 0 aromatic carbocycles. The van der Waals surface area contributed by atoms with E-state index in [9.17, 15) is 9.59 Å². The molecule has 0 aliphatic carbocycles. The molecule has 1 rings (SSSR count). The molecule has 1 aromatic heterocycles. The van der Waals surface area contributed by atoms with Crippen molar-refractivity contribution < 1.29 is 14.7 Å². The van der Waals surface area contributed by atoms with Gasteiger partial charge in [-0.2, -0.15) is 0 Å². The first-order valence-corrected chi connectivity index (χ1v) is 5.61. The molecule has 7 heteroatoms. The number of hydrogen-bond donors (Lipinski definition) is 3. The molecule has 0 atom stereocenters. The number of aliphatic carboxylic acids is 1. The number of carbonyl (C=O) groups excluding carboxylic acids is 1. The summed E-state index contributed by atoms with van der Waals surface area (Å²) >= 11 is 1.45. The maximum absolute atomic E-state index is 11.2. The minimum absolute atomic E-state index is 0.106. The average molecular weight is 243 g/mol. The predicted molar refractivity (Wildman–Crippen MR) is 59.2 cm³/mol. The summed E-state index contributed by atoms with van der Waals surface area (Å²) in [6.45, 7) is 0.163. The summed E-state index contributed by atoms with van der Waals surface area (Å²) in [4.78, 5) is 25.7. The fourth-order valence-electron chi connectivity index (χ4n) is 1.07. The lowest BCUT2D eigenvalue weighted by Gasteiger charge is -1.99. The van der Waals surface area contributed by atoms with Crippen LogP contribution in [0.15, 0.2) is 5.38 Å². The molecule has 1 aromatic rings. The van der Waals surface area contributed by atoms with Gasteiger partial charge in [0.2, 0.25) is 5.91 Å². The van der Waals surface area contributed by atoms with Gasteiger partial charge in [-0.1, -0.05) is 0 Å². The van der Waals surface area contributed by atoms with Crippen molar-refractivity contribution in [1.82, 2.24) is 10.3 Å². The number of hydrogen-bond acceptors (Lipinski definition) is 5. The van der Waals surface area contributed by atoms with Crippen LogP contribution in [0.5, 0.6) is 0 Å². The first-order valence-electron chi connectivity index (χ1n) is 4.73. The highest BCUT2D eigenvalue weighted by Gasteiger charge is 2.08. The molecular formula is C9H13N3O3S. The number of amides is 1. The molecule has 0 aliphatic heterocycles. The summed E-state index contributed by atoms with van der Waals surface area (Å²) in [6, 6.07) is 0. The number of thiazole rings is 1. The van der Waals surface area contributed by atoms with Gasteiger partial charge in [0.1, 0.15) is 6.54 Å². The Kier molecular flexibility index (Phi) is 4.87. The number of nitrogens with zero attached hydrogens (tertiary/aromatic N) is 1. The Bertz CT molecular complexity index is 378. The highest BCUT2D eigenvalue weighted by molar-refractivity contribution is 7.09. The second kappa shape index (κ2) is 6.19. The van der Waals surface area contributed by atoms with E-state index in [0.717, 1.165) is 5.01 Å². The van der Waals surface area contributed by atoms with E-state index in [1.165, 1.54) is 11.3 Å². The summed E-state index contributed by atoms with van der Waals surface area (Å²) in [6.07, 6.45) is 0.801. The van der Waals surface area contributed by atoms with Crippen molar-refractivity contribution in [3.8, 4) is 0 Å². The lowest BCUT2D eigenvalue weighted by atomic mass is 10.3. The van der Waals surface area contributed by atoms with E-state index in [2.05, 4.69) is 10.3 Å². The van der Waals surface area contributed by atoms with E-state index in [4.69, 9.17) is 10.8 Å². The summed E-state index contributed by atoms with van der Waals surface area (Å²) in [5.41, 5.74) is 6.02. The lowest BCUT2D eigenvalue weighted by Crippen LogP contribution is -2.30. The topological polar surface area (TPSA) is 105 Å². The molecule has 0 unspecified atom stereocenters. The number of rotatable bonds is 6. The summed E-state index contributed by atoms with van der Waals surface area (Å²) in [5, 5.41) is 13.3. The molecule has 0 spiro atoms. The Hall–Kier alpha value is -1.47. The van der Waals surface area contributed by atoms with Gasteiger partial charge in [0.15, 0.2) is 0 Å². The molecule has 1 amide bonds. The third-order valence-electron chi connectivity index (χ3n) is 1.74. The van der Waals surface area contributed by atoms with Gasteiger partial charge in [-0.15, -0.1) is 11.3 Å². The summed E-state index contributed by atoms with van der Waals surface area (Å²) < 4.78 is 0. The van der Waals surface area contributed by atoms with E-state index < -0.39 is 5.97 Å². The summed E-state index contributed by atoms with van der Waals surface area (Å²) in [5.74, 6) is -1.40. The monoisotopic (exact) mass is 243 g/mol. The van der Waals surface area contributed by atoms with Crippen LogP contribution in [0.4, 0.5) is 0 Å². The third-order valence-corrected chi connectivity index (χ3v) is 2.69. The second-order valence-electron chi connectivity index (χ2n) is 3.12. The Morgan fingerprint density at radius 2 is 2.31 bits per heavy atom. The molecule has 0 radical (unpaired) electrons. The number of carbonyl (C=O) groups is 2. The number of carboxylic acids is 1. The normalized spacial score (nSPS) is 10.1. The standard InChI is InChI=1S/C9H13N3O3S/c10-2-1-8-12-6(5-16-8)3-7(13)11-4-9(14)15/h5H,1-4,10H2,(H,11,13)(H,14,15). The number of carboxylic acid groups (broad SMARTS) is 1. The van der Waals surface area contributed by atoms with Crippen LogP contribution in [0, 0.1) is 0 Å². The van der Waals surface area contributed by atoms with Crippen molar-refractivity contribution in [3.63, 3.8) is 0 Å². The van der Waals surface area contributed by atoms with E-state index >= 15 is 0 Å². The maximum atomic E-state index is 11.2. The van der Waals surface area contributed by atoms with Gasteiger partial charge < -0.3 is 16.2 Å². The fraction of sp³-hybridized carbons (Fsp3) is 0.444. The molecule has 0 bridgehead atoms. The molecule has 0 fully saturated rings. The van der Waals surface area contributed by atoms with Gasteiger partial charge in [0, 0.05) is 11.8 Å². The van der Waals surface area contributed by atoms with Crippen molar-refractivity contribution in [2.45, 2.75) is 12.8 Å². The van der Waals surface area contributed by atoms with Crippen molar-refractivity contribution >= 4 is 23.2 Å². The van der Waals surface area contributed by atoms with Crippen LogP contribution < -0.4 is 11.1 Å². The van der Waals surface area contributed by atoms with Gasteiger partial charge in [0.25, 0.3) is 0 Å². The SMILES string of the molecule is NCCc1nc(CC(=O)NCC(=O)O)cs1. The molecule has 6 nitrogen and oxygen atoms in total.